The molecule has 7 heteroatoms. The molecule has 1 atom stereocenters. The number of hydrogen-bond acceptors (Lipinski definition) is 3. The first-order valence-electron chi connectivity index (χ1n) is 8.36. The summed E-state index contributed by atoms with van der Waals surface area (Å²) in [5, 5.41) is 3.99. The van der Waals surface area contributed by atoms with Gasteiger partial charge in [-0.1, -0.05) is 41.4 Å². The third kappa shape index (κ3) is 5.21. The normalized spacial score (nSPS) is 17.9. The monoisotopic (exact) mass is 456 g/mol. The maximum atomic E-state index is 12.2. The topological polar surface area (TPSA) is 41.6 Å². The highest BCUT2D eigenvalue weighted by molar-refractivity contribution is 9.10. The molecular weight excluding hydrogens is 439 g/mol. The Balaban J connectivity index is 1.52. The van der Waals surface area contributed by atoms with Crippen molar-refractivity contribution in [2.24, 2.45) is 0 Å². The molecule has 1 amide bonds. The number of ether oxygens (including phenoxy) is 1. The predicted octanol–water partition coefficient (Wildman–Crippen LogP) is 5.16. The van der Waals surface area contributed by atoms with Gasteiger partial charge < -0.3 is 10.1 Å². The van der Waals surface area contributed by atoms with E-state index in [2.05, 4.69) is 26.1 Å². The van der Waals surface area contributed by atoms with Crippen LogP contribution in [0, 0.1) is 0 Å². The lowest BCUT2D eigenvalue weighted by Gasteiger charge is -2.33. The molecule has 4 nitrogen and oxygen atoms in total. The molecule has 1 aliphatic heterocycles. The minimum Gasteiger partial charge on any atom is -0.371 e. The summed E-state index contributed by atoms with van der Waals surface area (Å²) >= 11 is 15.5. The fourth-order valence-electron chi connectivity index (χ4n) is 2.85. The predicted molar refractivity (Wildman–Crippen MR) is 109 cm³/mol. The highest BCUT2D eigenvalue weighted by Crippen LogP contribution is 2.29. The van der Waals surface area contributed by atoms with Gasteiger partial charge in [0.05, 0.1) is 28.4 Å². The van der Waals surface area contributed by atoms with Crippen molar-refractivity contribution in [2.75, 3.05) is 31.6 Å². The zero-order valence-corrected chi connectivity index (χ0v) is 17.1. The molecule has 1 N–H and O–H groups in total. The van der Waals surface area contributed by atoms with Crippen molar-refractivity contribution >= 4 is 50.7 Å². The molecule has 0 saturated carbocycles. The number of nitrogens with one attached hydrogen (secondary N) is 1. The maximum absolute atomic E-state index is 12.2. The first-order chi connectivity index (χ1) is 12.5. The van der Waals surface area contributed by atoms with Crippen molar-refractivity contribution in [1.82, 2.24) is 4.90 Å². The summed E-state index contributed by atoms with van der Waals surface area (Å²) < 4.78 is 6.73. The molecule has 1 heterocycles. The van der Waals surface area contributed by atoms with Crippen LogP contribution in [-0.4, -0.2) is 37.0 Å². The zero-order chi connectivity index (χ0) is 18.5. The van der Waals surface area contributed by atoms with E-state index in [0.717, 1.165) is 28.8 Å². The van der Waals surface area contributed by atoms with Gasteiger partial charge in [-0.2, -0.15) is 0 Å². The second-order valence-corrected chi connectivity index (χ2v) is 7.78. The van der Waals surface area contributed by atoms with Crippen molar-refractivity contribution < 1.29 is 9.53 Å². The van der Waals surface area contributed by atoms with Crippen LogP contribution in [0.15, 0.2) is 46.9 Å². The molecule has 1 fully saturated rings. The van der Waals surface area contributed by atoms with Crippen LogP contribution in [0.3, 0.4) is 0 Å². The number of amides is 1. The van der Waals surface area contributed by atoms with Crippen molar-refractivity contribution in [3.05, 3.63) is 62.5 Å². The van der Waals surface area contributed by atoms with Crippen LogP contribution in [0.25, 0.3) is 0 Å². The SMILES string of the molecule is O=C(CCN1CCOC(c2ccc(Cl)c(Cl)c2)C1)Nc1ccccc1Br. The van der Waals surface area contributed by atoms with E-state index in [1.54, 1.807) is 6.07 Å². The highest BCUT2D eigenvalue weighted by atomic mass is 79.9. The van der Waals surface area contributed by atoms with E-state index < -0.39 is 0 Å². The van der Waals surface area contributed by atoms with E-state index in [1.165, 1.54) is 0 Å². The van der Waals surface area contributed by atoms with Gasteiger partial charge in [-0.15, -0.1) is 0 Å². The lowest BCUT2D eigenvalue weighted by molar-refractivity contribution is -0.117. The molecule has 3 rings (SSSR count). The number of nitrogens with zero attached hydrogens (tertiary/aromatic N) is 1. The molecular formula is C19H19BrCl2N2O2. The first kappa shape index (κ1) is 19.6. The largest absolute Gasteiger partial charge is 0.371 e. The molecule has 0 spiro atoms. The summed E-state index contributed by atoms with van der Waals surface area (Å²) in [4.78, 5) is 14.5. The van der Waals surface area contributed by atoms with Gasteiger partial charge in [-0.3, -0.25) is 9.69 Å². The van der Waals surface area contributed by atoms with Crippen LogP contribution in [0.4, 0.5) is 5.69 Å². The lowest BCUT2D eigenvalue weighted by Crippen LogP contribution is -2.39. The Bertz CT molecular complexity index is 788. The molecule has 0 aromatic heterocycles. The Kier molecular flexibility index (Phi) is 6.95. The van der Waals surface area contributed by atoms with Crippen molar-refractivity contribution in [1.29, 1.82) is 0 Å². The van der Waals surface area contributed by atoms with E-state index >= 15 is 0 Å². The van der Waals surface area contributed by atoms with Crippen LogP contribution in [0.2, 0.25) is 10.0 Å². The second-order valence-electron chi connectivity index (χ2n) is 6.11. The Morgan fingerprint density at radius 2 is 2.04 bits per heavy atom. The molecule has 1 aliphatic rings. The smallest absolute Gasteiger partial charge is 0.225 e. The molecule has 1 unspecified atom stereocenters. The quantitative estimate of drug-likeness (QED) is 0.674. The van der Waals surface area contributed by atoms with Gasteiger partial charge in [0, 0.05) is 30.5 Å². The number of halogens is 3. The summed E-state index contributed by atoms with van der Waals surface area (Å²) in [7, 11) is 0. The molecule has 26 heavy (non-hydrogen) atoms. The van der Waals surface area contributed by atoms with Gasteiger partial charge in [0.2, 0.25) is 5.91 Å². The lowest BCUT2D eigenvalue weighted by atomic mass is 10.1. The fourth-order valence-corrected chi connectivity index (χ4v) is 3.55. The number of carbonyl (C=O) groups excluding carboxylic acids is 1. The fraction of sp³-hybridized carbons (Fsp3) is 0.316. The maximum Gasteiger partial charge on any atom is 0.225 e. The molecule has 2 aromatic carbocycles. The van der Waals surface area contributed by atoms with E-state index in [-0.39, 0.29) is 12.0 Å². The number of para-hydroxylation sites is 1. The van der Waals surface area contributed by atoms with Gasteiger partial charge in [-0.25, -0.2) is 0 Å². The number of benzene rings is 2. The number of hydrogen-bond donors (Lipinski definition) is 1. The Morgan fingerprint density at radius 3 is 2.81 bits per heavy atom. The van der Waals surface area contributed by atoms with Crippen LogP contribution in [-0.2, 0) is 9.53 Å². The van der Waals surface area contributed by atoms with Crippen molar-refractivity contribution in [3.63, 3.8) is 0 Å². The Labute approximate surface area is 171 Å². The highest BCUT2D eigenvalue weighted by Gasteiger charge is 2.23. The summed E-state index contributed by atoms with van der Waals surface area (Å²) in [5.41, 5.74) is 1.79. The second kappa shape index (κ2) is 9.20. The number of carbonyl (C=O) groups is 1. The average molecular weight is 458 g/mol. The molecule has 138 valence electrons. The summed E-state index contributed by atoms with van der Waals surface area (Å²) in [6, 6.07) is 13.1. The van der Waals surface area contributed by atoms with Crippen LogP contribution in [0.1, 0.15) is 18.1 Å². The van der Waals surface area contributed by atoms with Gasteiger partial charge in [0.25, 0.3) is 0 Å². The third-order valence-electron chi connectivity index (χ3n) is 4.27. The standard InChI is InChI=1S/C19H19BrCl2N2O2/c20-14-3-1-2-4-17(14)23-19(25)7-8-24-9-10-26-18(12-24)13-5-6-15(21)16(22)11-13/h1-6,11,18H,7-10,12H2,(H,23,25). The summed E-state index contributed by atoms with van der Waals surface area (Å²) in [6.45, 7) is 2.83. The van der Waals surface area contributed by atoms with Gasteiger partial charge >= 0.3 is 0 Å². The summed E-state index contributed by atoms with van der Waals surface area (Å²) in [6.07, 6.45) is 0.361. The van der Waals surface area contributed by atoms with Gasteiger partial charge in [-0.05, 0) is 45.8 Å². The van der Waals surface area contributed by atoms with Crippen LogP contribution in [0.5, 0.6) is 0 Å². The Morgan fingerprint density at radius 1 is 1.23 bits per heavy atom. The molecule has 0 radical (unpaired) electrons. The number of rotatable bonds is 5. The average Bonchev–Trinajstić information content (AvgIpc) is 2.64. The summed E-state index contributed by atoms with van der Waals surface area (Å²) in [5.74, 6) is -0.00511. The van der Waals surface area contributed by atoms with Crippen molar-refractivity contribution in [2.45, 2.75) is 12.5 Å². The minimum absolute atomic E-state index is 0.00511. The van der Waals surface area contributed by atoms with Gasteiger partial charge in [0.15, 0.2) is 0 Å². The Hall–Kier alpha value is -1.11. The first-order valence-corrected chi connectivity index (χ1v) is 9.91. The zero-order valence-electron chi connectivity index (χ0n) is 14.1. The van der Waals surface area contributed by atoms with E-state index in [1.807, 2.05) is 36.4 Å². The van der Waals surface area contributed by atoms with E-state index in [0.29, 0.717) is 29.6 Å². The van der Waals surface area contributed by atoms with Gasteiger partial charge in [0.1, 0.15) is 0 Å². The third-order valence-corrected chi connectivity index (χ3v) is 5.70. The number of anilines is 1. The minimum atomic E-state index is -0.0650. The molecule has 0 bridgehead atoms. The molecule has 0 aliphatic carbocycles. The number of morpholine rings is 1. The molecule has 1 saturated heterocycles. The van der Waals surface area contributed by atoms with Crippen LogP contribution < -0.4 is 5.32 Å². The van der Waals surface area contributed by atoms with E-state index in [4.69, 9.17) is 27.9 Å². The molecule has 2 aromatic rings. The van der Waals surface area contributed by atoms with E-state index in [9.17, 15) is 4.79 Å². The van der Waals surface area contributed by atoms with Crippen molar-refractivity contribution in [3.8, 4) is 0 Å². The van der Waals surface area contributed by atoms with Crippen LogP contribution >= 0.6 is 39.1 Å².